The number of nitrogens with one attached hydrogen (secondary N) is 1. The highest BCUT2D eigenvalue weighted by atomic mass is 16.3. The van der Waals surface area contributed by atoms with Gasteiger partial charge in [0.1, 0.15) is 17.5 Å². The van der Waals surface area contributed by atoms with Crippen LogP contribution in [0.5, 0.6) is 0 Å². The molecule has 7 heteroatoms. The van der Waals surface area contributed by atoms with Gasteiger partial charge < -0.3 is 15.3 Å². The number of hydrogen-bond donors (Lipinski definition) is 2. The topological polar surface area (TPSA) is 87.1 Å². The molecule has 3 aromatic heterocycles. The van der Waals surface area contributed by atoms with Crippen LogP contribution in [0.4, 0.5) is 17.5 Å². The molecule has 1 aliphatic rings. The first kappa shape index (κ1) is 16.6. The Hall–Kier alpha value is -3.58. The van der Waals surface area contributed by atoms with Gasteiger partial charge in [0.15, 0.2) is 0 Å². The van der Waals surface area contributed by atoms with E-state index in [0.29, 0.717) is 24.7 Å². The molecule has 4 heterocycles. The first-order valence-corrected chi connectivity index (χ1v) is 9.08. The van der Waals surface area contributed by atoms with E-state index in [2.05, 4.69) is 37.3 Å². The van der Waals surface area contributed by atoms with Crippen molar-refractivity contribution >= 4 is 28.2 Å². The van der Waals surface area contributed by atoms with Crippen LogP contribution in [0.15, 0.2) is 67.3 Å². The van der Waals surface area contributed by atoms with Gasteiger partial charge in [0.2, 0.25) is 0 Å². The molecule has 0 amide bonds. The molecule has 1 aliphatic heterocycles. The summed E-state index contributed by atoms with van der Waals surface area (Å²) < 4.78 is 0. The van der Waals surface area contributed by atoms with E-state index >= 15 is 0 Å². The Morgan fingerprint density at radius 3 is 2.68 bits per heavy atom. The summed E-state index contributed by atoms with van der Waals surface area (Å²) in [5, 5.41) is 15.0. The Bertz CT molecular complexity index is 1130. The number of pyridine rings is 2. The van der Waals surface area contributed by atoms with Crippen LogP contribution in [0.3, 0.4) is 0 Å². The Morgan fingerprint density at radius 1 is 0.964 bits per heavy atom. The van der Waals surface area contributed by atoms with E-state index in [1.54, 1.807) is 24.8 Å². The van der Waals surface area contributed by atoms with E-state index in [0.717, 1.165) is 27.8 Å². The lowest BCUT2D eigenvalue weighted by molar-refractivity contribution is 0.141. The minimum absolute atomic E-state index is 0.274. The summed E-state index contributed by atoms with van der Waals surface area (Å²) in [7, 11) is 0. The van der Waals surface area contributed by atoms with Crippen molar-refractivity contribution in [2.45, 2.75) is 6.10 Å². The van der Waals surface area contributed by atoms with Crippen molar-refractivity contribution in [1.82, 2.24) is 19.9 Å². The van der Waals surface area contributed by atoms with Gasteiger partial charge in [-0.25, -0.2) is 15.0 Å². The number of rotatable bonds is 4. The normalized spacial score (nSPS) is 14.1. The fourth-order valence-electron chi connectivity index (χ4n) is 3.36. The van der Waals surface area contributed by atoms with Crippen molar-refractivity contribution in [2.24, 2.45) is 0 Å². The maximum atomic E-state index is 9.58. The first-order chi connectivity index (χ1) is 13.8. The molecule has 1 saturated heterocycles. The molecule has 7 nitrogen and oxygen atoms in total. The van der Waals surface area contributed by atoms with Crippen LogP contribution in [0.1, 0.15) is 0 Å². The molecule has 0 atom stereocenters. The predicted molar refractivity (Wildman–Crippen MR) is 109 cm³/mol. The number of aromatic nitrogens is 4. The lowest BCUT2D eigenvalue weighted by Crippen LogP contribution is -2.51. The molecular formula is C21H18N6O. The van der Waals surface area contributed by atoms with E-state index < -0.39 is 0 Å². The molecule has 28 heavy (non-hydrogen) atoms. The first-order valence-electron chi connectivity index (χ1n) is 9.08. The fourth-order valence-corrected chi connectivity index (χ4v) is 3.36. The molecule has 4 aromatic rings. The highest BCUT2D eigenvalue weighted by Gasteiger charge is 2.25. The van der Waals surface area contributed by atoms with Gasteiger partial charge in [-0.2, -0.15) is 0 Å². The Morgan fingerprint density at radius 2 is 1.86 bits per heavy atom. The molecule has 1 fully saturated rings. The van der Waals surface area contributed by atoms with Gasteiger partial charge in [-0.05, 0) is 23.6 Å². The van der Waals surface area contributed by atoms with E-state index in [9.17, 15) is 5.11 Å². The van der Waals surface area contributed by atoms with E-state index in [-0.39, 0.29) is 6.10 Å². The second-order valence-electron chi connectivity index (χ2n) is 6.75. The van der Waals surface area contributed by atoms with Crippen LogP contribution in [0.2, 0.25) is 0 Å². The molecule has 5 rings (SSSR count). The van der Waals surface area contributed by atoms with Crippen molar-refractivity contribution in [1.29, 1.82) is 0 Å². The van der Waals surface area contributed by atoms with Gasteiger partial charge in [0, 0.05) is 42.6 Å². The summed E-state index contributed by atoms with van der Waals surface area (Å²) in [5.74, 6) is 2.19. The van der Waals surface area contributed by atoms with Crippen molar-refractivity contribution in [3.63, 3.8) is 0 Å². The number of hydrogen-bond acceptors (Lipinski definition) is 7. The molecule has 138 valence electrons. The second kappa shape index (κ2) is 6.86. The number of aliphatic hydroxyl groups is 1. The second-order valence-corrected chi connectivity index (χ2v) is 6.75. The number of fused-ring (bicyclic) bond motifs is 1. The lowest BCUT2D eigenvalue weighted by Gasteiger charge is -2.36. The summed E-state index contributed by atoms with van der Waals surface area (Å²) in [6, 6.07) is 14.1. The molecular weight excluding hydrogens is 352 g/mol. The molecule has 0 saturated carbocycles. The molecule has 0 aliphatic carbocycles. The number of anilines is 3. The molecule has 0 bridgehead atoms. The lowest BCUT2D eigenvalue weighted by atomic mass is 10.0. The summed E-state index contributed by atoms with van der Waals surface area (Å²) in [6.45, 7) is 1.22. The van der Waals surface area contributed by atoms with Gasteiger partial charge in [0.05, 0.1) is 18.0 Å². The van der Waals surface area contributed by atoms with Crippen LogP contribution in [0, 0.1) is 0 Å². The van der Waals surface area contributed by atoms with Gasteiger partial charge >= 0.3 is 0 Å². The van der Waals surface area contributed by atoms with Crippen molar-refractivity contribution < 1.29 is 5.11 Å². The standard InChI is InChI=1S/C21H18N6O/c28-16-12-27(13-16)20-10-15(5-6-24-20)21-17-4-2-1-3-14(17)9-18(26-21)25-19-11-22-7-8-23-19/h1-11,16,28H,12-13H2,(H,23,25,26). The highest BCUT2D eigenvalue weighted by molar-refractivity contribution is 5.96. The number of β-amino-alcohol motifs (C(OH)–C–C–N with tert-alkyl or cyclic N) is 1. The summed E-state index contributed by atoms with van der Waals surface area (Å²) in [6.07, 6.45) is 6.45. The summed E-state index contributed by atoms with van der Waals surface area (Å²) >= 11 is 0. The van der Waals surface area contributed by atoms with Gasteiger partial charge in [0.25, 0.3) is 0 Å². The number of nitrogens with zero attached hydrogens (tertiary/aromatic N) is 5. The number of aliphatic hydroxyl groups excluding tert-OH is 1. The van der Waals surface area contributed by atoms with Crippen LogP contribution >= 0.6 is 0 Å². The minimum Gasteiger partial charge on any atom is -0.389 e. The average Bonchev–Trinajstić information content (AvgIpc) is 2.72. The van der Waals surface area contributed by atoms with Crippen LogP contribution < -0.4 is 10.2 Å². The maximum Gasteiger partial charge on any atom is 0.150 e. The summed E-state index contributed by atoms with van der Waals surface area (Å²) in [5.41, 5.74) is 1.85. The Kier molecular flexibility index (Phi) is 4.06. The molecule has 0 radical (unpaired) electrons. The average molecular weight is 370 g/mol. The smallest absolute Gasteiger partial charge is 0.150 e. The third-order valence-corrected chi connectivity index (χ3v) is 4.76. The zero-order valence-electron chi connectivity index (χ0n) is 15.0. The zero-order valence-corrected chi connectivity index (χ0v) is 15.0. The van der Waals surface area contributed by atoms with Crippen molar-refractivity contribution in [2.75, 3.05) is 23.3 Å². The third kappa shape index (κ3) is 3.12. The Balaban J connectivity index is 1.59. The van der Waals surface area contributed by atoms with Crippen LogP contribution in [-0.2, 0) is 0 Å². The molecule has 1 aromatic carbocycles. The maximum absolute atomic E-state index is 9.58. The zero-order chi connectivity index (χ0) is 18.9. The van der Waals surface area contributed by atoms with Gasteiger partial charge in [-0.15, -0.1) is 0 Å². The molecule has 0 spiro atoms. The third-order valence-electron chi connectivity index (χ3n) is 4.76. The predicted octanol–water partition coefficient (Wildman–Crippen LogP) is 3.01. The van der Waals surface area contributed by atoms with Crippen LogP contribution in [-0.4, -0.2) is 44.2 Å². The van der Waals surface area contributed by atoms with E-state index in [1.807, 2.05) is 30.3 Å². The van der Waals surface area contributed by atoms with E-state index in [4.69, 9.17) is 4.98 Å². The fraction of sp³-hybridized carbons (Fsp3) is 0.143. The van der Waals surface area contributed by atoms with Gasteiger partial charge in [-0.1, -0.05) is 24.3 Å². The van der Waals surface area contributed by atoms with Gasteiger partial charge in [-0.3, -0.25) is 4.98 Å². The number of benzene rings is 1. The summed E-state index contributed by atoms with van der Waals surface area (Å²) in [4.78, 5) is 19.7. The van der Waals surface area contributed by atoms with E-state index in [1.165, 1.54) is 0 Å². The molecule has 0 unspecified atom stereocenters. The highest BCUT2D eigenvalue weighted by Crippen LogP contribution is 2.32. The van der Waals surface area contributed by atoms with Crippen molar-refractivity contribution in [3.05, 3.63) is 67.3 Å². The van der Waals surface area contributed by atoms with Crippen molar-refractivity contribution in [3.8, 4) is 11.3 Å². The largest absolute Gasteiger partial charge is 0.389 e. The monoisotopic (exact) mass is 370 g/mol. The minimum atomic E-state index is -0.274. The quantitative estimate of drug-likeness (QED) is 0.571. The molecule has 2 N–H and O–H groups in total. The Labute approximate surface area is 161 Å². The van der Waals surface area contributed by atoms with Crippen LogP contribution in [0.25, 0.3) is 22.0 Å². The SMILES string of the molecule is OC1CN(c2cc(-c3nc(Nc4cnccn4)cc4ccccc34)ccn2)C1.